The number of hydrogen-bond donors (Lipinski definition) is 4. The second-order valence-corrected chi connectivity index (χ2v) is 7.33. The van der Waals surface area contributed by atoms with Crippen molar-refractivity contribution < 1.29 is 20.3 Å². The lowest BCUT2D eigenvalue weighted by atomic mass is 9.70. The van der Waals surface area contributed by atoms with Crippen LogP contribution in [0.2, 0.25) is 0 Å². The Morgan fingerprint density at radius 3 is 1.38 bits per heavy atom. The van der Waals surface area contributed by atoms with Gasteiger partial charge in [0, 0.05) is 0 Å². The molecule has 5 heteroatoms. The molecule has 4 nitrogen and oxygen atoms in total. The highest BCUT2D eigenvalue weighted by molar-refractivity contribution is 6.59. The van der Waals surface area contributed by atoms with Gasteiger partial charge in [0.25, 0.3) is 0 Å². The van der Waals surface area contributed by atoms with Crippen molar-refractivity contribution in [1.29, 1.82) is 0 Å². The Kier molecular flexibility index (Phi) is 6.63. The molecular weight excluding hydrogens is 267 g/mol. The number of rotatable bonds is 2. The molecule has 4 N–H and O–H groups in total. The average molecular weight is 296 g/mol. The van der Waals surface area contributed by atoms with Crippen LogP contribution in [0.15, 0.2) is 24.3 Å². The van der Waals surface area contributed by atoms with E-state index in [0.717, 1.165) is 5.56 Å². The van der Waals surface area contributed by atoms with E-state index in [4.69, 9.17) is 20.3 Å². The molecule has 1 aromatic rings. The van der Waals surface area contributed by atoms with Crippen LogP contribution in [0.1, 0.15) is 54.0 Å². The molecule has 0 spiro atoms. The summed E-state index contributed by atoms with van der Waals surface area (Å²) in [7, 11) is -1.38. The molecule has 0 saturated carbocycles. The van der Waals surface area contributed by atoms with Crippen molar-refractivity contribution in [2.75, 3.05) is 0 Å². The molecule has 0 amide bonds. The van der Waals surface area contributed by atoms with Crippen LogP contribution in [0, 0.1) is 0 Å². The third kappa shape index (κ3) is 6.61. The van der Waals surface area contributed by atoms with E-state index in [1.807, 2.05) is 39.0 Å². The lowest BCUT2D eigenvalue weighted by Crippen LogP contribution is -2.44. The van der Waals surface area contributed by atoms with Gasteiger partial charge in [-0.15, -0.1) is 0 Å². The van der Waals surface area contributed by atoms with Gasteiger partial charge in [-0.3, -0.25) is 0 Å². The first-order valence-electron chi connectivity index (χ1n) is 7.08. The smallest absolute Gasteiger partial charge is 0.423 e. The van der Waals surface area contributed by atoms with Gasteiger partial charge in [0.05, 0.1) is 11.2 Å². The first kappa shape index (κ1) is 20.1. The molecule has 0 unspecified atom stereocenters. The SMILES string of the molecule is CC(C)(C)c1ccccc1B(O)O.CC(C)(O)C(C)(C)O. The first-order chi connectivity index (χ1) is 9.18. The van der Waals surface area contributed by atoms with Crippen molar-refractivity contribution in [3.05, 3.63) is 29.8 Å². The highest BCUT2D eigenvalue weighted by atomic mass is 16.4. The van der Waals surface area contributed by atoms with Gasteiger partial charge in [-0.2, -0.15) is 0 Å². The molecule has 0 radical (unpaired) electrons. The maximum atomic E-state index is 9.12. The topological polar surface area (TPSA) is 80.9 Å². The van der Waals surface area contributed by atoms with Crippen LogP contribution in [0.4, 0.5) is 0 Å². The van der Waals surface area contributed by atoms with Crippen molar-refractivity contribution in [1.82, 2.24) is 0 Å². The molecule has 0 aliphatic rings. The van der Waals surface area contributed by atoms with Gasteiger partial charge in [0.1, 0.15) is 0 Å². The second kappa shape index (κ2) is 6.92. The summed E-state index contributed by atoms with van der Waals surface area (Å²) >= 11 is 0. The fraction of sp³-hybridized carbons (Fsp3) is 0.625. The number of benzene rings is 1. The maximum absolute atomic E-state index is 9.12. The standard InChI is InChI=1S/C10H15BO2.C6H14O2/c1-10(2,3)8-6-4-5-7-9(8)11(12)13;1-5(2,7)6(3,4)8/h4-7,12-13H,1-3H3;7-8H,1-4H3. The molecule has 0 atom stereocenters. The normalized spacial score (nSPS) is 12.5. The number of aliphatic hydroxyl groups is 2. The van der Waals surface area contributed by atoms with E-state index < -0.39 is 18.3 Å². The van der Waals surface area contributed by atoms with Crippen molar-refractivity contribution in [3.8, 4) is 0 Å². The van der Waals surface area contributed by atoms with Crippen LogP contribution < -0.4 is 5.46 Å². The summed E-state index contributed by atoms with van der Waals surface area (Å²) in [6.07, 6.45) is 0. The maximum Gasteiger partial charge on any atom is 0.488 e. The summed E-state index contributed by atoms with van der Waals surface area (Å²) in [6.45, 7) is 12.5. The van der Waals surface area contributed by atoms with Crippen LogP contribution in [-0.4, -0.2) is 38.6 Å². The van der Waals surface area contributed by atoms with Gasteiger partial charge in [-0.1, -0.05) is 45.0 Å². The molecule has 21 heavy (non-hydrogen) atoms. The fourth-order valence-corrected chi connectivity index (χ4v) is 1.41. The lowest BCUT2D eigenvalue weighted by molar-refractivity contribution is -0.107. The highest BCUT2D eigenvalue weighted by Gasteiger charge is 2.31. The van der Waals surface area contributed by atoms with Crippen molar-refractivity contribution in [2.24, 2.45) is 0 Å². The molecule has 0 saturated heterocycles. The zero-order valence-electron chi connectivity index (χ0n) is 14.2. The molecule has 120 valence electrons. The Balaban J connectivity index is 0.000000433. The molecular formula is C16H29BO4. The molecule has 0 fully saturated rings. The van der Waals surface area contributed by atoms with Crippen LogP contribution >= 0.6 is 0 Å². The Morgan fingerprint density at radius 1 is 0.762 bits per heavy atom. The van der Waals surface area contributed by atoms with Gasteiger partial charge >= 0.3 is 7.12 Å². The van der Waals surface area contributed by atoms with E-state index in [1.54, 1.807) is 33.8 Å². The third-order valence-electron chi connectivity index (χ3n) is 3.54. The zero-order chi connectivity index (χ0) is 17.1. The van der Waals surface area contributed by atoms with Crippen LogP contribution in [-0.2, 0) is 5.41 Å². The fourth-order valence-electron chi connectivity index (χ4n) is 1.41. The Labute approximate surface area is 128 Å². The van der Waals surface area contributed by atoms with Crippen molar-refractivity contribution in [3.63, 3.8) is 0 Å². The molecule has 0 heterocycles. The summed E-state index contributed by atoms with van der Waals surface area (Å²) in [5.74, 6) is 0. The molecule has 0 aromatic heterocycles. The van der Waals surface area contributed by atoms with Gasteiger partial charge < -0.3 is 20.3 Å². The minimum absolute atomic E-state index is 0.0553. The summed E-state index contributed by atoms with van der Waals surface area (Å²) in [4.78, 5) is 0. The second-order valence-electron chi connectivity index (χ2n) is 7.33. The Bertz CT molecular complexity index is 425. The molecule has 0 aliphatic carbocycles. The first-order valence-corrected chi connectivity index (χ1v) is 7.08. The van der Waals surface area contributed by atoms with Gasteiger partial charge in [0.2, 0.25) is 0 Å². The van der Waals surface area contributed by atoms with E-state index in [-0.39, 0.29) is 5.41 Å². The van der Waals surface area contributed by atoms with E-state index in [1.165, 1.54) is 0 Å². The Hall–Kier alpha value is -0.875. The average Bonchev–Trinajstić information content (AvgIpc) is 2.26. The highest BCUT2D eigenvalue weighted by Crippen LogP contribution is 2.20. The summed E-state index contributed by atoms with van der Waals surface area (Å²) < 4.78 is 0. The summed E-state index contributed by atoms with van der Waals surface area (Å²) in [6, 6.07) is 7.39. The summed E-state index contributed by atoms with van der Waals surface area (Å²) in [5.41, 5.74) is -0.500. The predicted molar refractivity (Wildman–Crippen MR) is 87.6 cm³/mol. The van der Waals surface area contributed by atoms with Crippen LogP contribution in [0.5, 0.6) is 0 Å². The minimum Gasteiger partial charge on any atom is -0.423 e. The molecule has 1 aromatic carbocycles. The van der Waals surface area contributed by atoms with Gasteiger partial charge in [-0.05, 0) is 44.1 Å². The third-order valence-corrected chi connectivity index (χ3v) is 3.54. The van der Waals surface area contributed by atoms with E-state index in [0.29, 0.717) is 5.46 Å². The molecule has 0 bridgehead atoms. The summed E-state index contributed by atoms with van der Waals surface area (Å²) in [5, 5.41) is 36.5. The predicted octanol–water partition coefficient (Wildman–Crippen LogP) is 1.19. The molecule has 1 rings (SSSR count). The van der Waals surface area contributed by atoms with Gasteiger partial charge in [-0.25, -0.2) is 0 Å². The number of hydrogen-bond acceptors (Lipinski definition) is 4. The van der Waals surface area contributed by atoms with Crippen molar-refractivity contribution >= 4 is 12.6 Å². The minimum atomic E-state index is -1.38. The van der Waals surface area contributed by atoms with E-state index in [9.17, 15) is 0 Å². The largest absolute Gasteiger partial charge is 0.488 e. The van der Waals surface area contributed by atoms with Crippen LogP contribution in [0.25, 0.3) is 0 Å². The zero-order valence-corrected chi connectivity index (χ0v) is 14.2. The monoisotopic (exact) mass is 296 g/mol. The lowest BCUT2D eigenvalue weighted by Gasteiger charge is -2.31. The van der Waals surface area contributed by atoms with Crippen LogP contribution in [0.3, 0.4) is 0 Å². The molecule has 0 aliphatic heterocycles. The van der Waals surface area contributed by atoms with Gasteiger partial charge in [0.15, 0.2) is 0 Å². The van der Waals surface area contributed by atoms with Crippen molar-refractivity contribution in [2.45, 2.75) is 65.1 Å². The quantitative estimate of drug-likeness (QED) is 0.618. The van der Waals surface area contributed by atoms with E-state index in [2.05, 4.69) is 0 Å². The Morgan fingerprint density at radius 2 is 1.14 bits per heavy atom. The van der Waals surface area contributed by atoms with E-state index >= 15 is 0 Å².